The van der Waals surface area contributed by atoms with Gasteiger partial charge in [0.05, 0.1) is 13.2 Å². The number of primary amides is 1. The highest BCUT2D eigenvalue weighted by Gasteiger charge is 2.28. The van der Waals surface area contributed by atoms with Crippen molar-refractivity contribution in [3.05, 3.63) is 65.0 Å². The van der Waals surface area contributed by atoms with Gasteiger partial charge in [-0.15, -0.1) is 0 Å². The summed E-state index contributed by atoms with van der Waals surface area (Å²) in [5.74, 6) is -0.869. The fourth-order valence-electron chi connectivity index (χ4n) is 3.04. The van der Waals surface area contributed by atoms with Crippen LogP contribution in [0, 0.1) is 5.82 Å². The Hall–Kier alpha value is -2.57. The van der Waals surface area contributed by atoms with E-state index >= 15 is 0 Å². The minimum atomic E-state index is -0.566. The summed E-state index contributed by atoms with van der Waals surface area (Å²) >= 11 is 0. The predicted octanol–water partition coefficient (Wildman–Crippen LogP) is 2.27. The second-order valence-electron chi connectivity index (χ2n) is 6.08. The van der Waals surface area contributed by atoms with E-state index in [4.69, 9.17) is 10.6 Å². The number of carbonyl (C=O) groups excluding carboxylic acids is 1. The lowest BCUT2D eigenvalue weighted by Crippen LogP contribution is -2.30. The SMILES string of the molecule is CON(C)CC1=CC=C2C(c3ccc(F)cc3)=CC(C(N)=O)=NC2C1. The highest BCUT2D eigenvalue weighted by atomic mass is 19.1. The lowest BCUT2D eigenvalue weighted by atomic mass is 9.83. The molecule has 0 aromatic heterocycles. The number of amides is 1. The summed E-state index contributed by atoms with van der Waals surface area (Å²) in [6.45, 7) is 0.647. The van der Waals surface area contributed by atoms with E-state index in [0.717, 1.165) is 22.3 Å². The van der Waals surface area contributed by atoms with Crippen molar-refractivity contribution in [3.63, 3.8) is 0 Å². The number of allylic oxidation sites excluding steroid dienone is 2. The van der Waals surface area contributed by atoms with Gasteiger partial charge in [0, 0.05) is 13.6 Å². The van der Waals surface area contributed by atoms with Crippen molar-refractivity contribution in [1.29, 1.82) is 0 Å². The van der Waals surface area contributed by atoms with E-state index in [1.165, 1.54) is 12.1 Å². The van der Waals surface area contributed by atoms with Crippen molar-refractivity contribution in [1.82, 2.24) is 5.06 Å². The number of carbonyl (C=O) groups is 1. The molecule has 6 heteroatoms. The van der Waals surface area contributed by atoms with Crippen LogP contribution >= 0.6 is 0 Å². The highest BCUT2D eigenvalue weighted by molar-refractivity contribution is 6.44. The van der Waals surface area contributed by atoms with Crippen molar-refractivity contribution < 1.29 is 14.0 Å². The van der Waals surface area contributed by atoms with Crippen LogP contribution in [0.1, 0.15) is 12.0 Å². The molecule has 1 unspecified atom stereocenters. The standard InChI is InChI=1S/C19H20FN3O2/c1-23(25-2)11-12-3-8-15-16(13-4-6-14(20)7-5-13)10-18(19(21)24)22-17(15)9-12/h3-8,10,17H,9,11H2,1-2H3,(H2,21,24). The van der Waals surface area contributed by atoms with Gasteiger partial charge < -0.3 is 10.6 Å². The summed E-state index contributed by atoms with van der Waals surface area (Å²) in [5, 5.41) is 1.73. The Kier molecular flexibility index (Phi) is 4.92. The van der Waals surface area contributed by atoms with E-state index in [1.807, 2.05) is 19.2 Å². The van der Waals surface area contributed by atoms with E-state index in [-0.39, 0.29) is 17.6 Å². The number of nitrogens with zero attached hydrogens (tertiary/aromatic N) is 2. The summed E-state index contributed by atoms with van der Waals surface area (Å²) < 4.78 is 13.2. The molecule has 2 aliphatic rings. The molecule has 25 heavy (non-hydrogen) atoms. The van der Waals surface area contributed by atoms with Crippen LogP contribution < -0.4 is 5.73 Å². The van der Waals surface area contributed by atoms with E-state index in [2.05, 4.69) is 4.99 Å². The average molecular weight is 341 g/mol. The minimum absolute atomic E-state index is 0.183. The Balaban J connectivity index is 1.99. The zero-order chi connectivity index (χ0) is 18.0. The zero-order valence-electron chi connectivity index (χ0n) is 14.2. The number of benzene rings is 1. The van der Waals surface area contributed by atoms with E-state index in [9.17, 15) is 9.18 Å². The molecule has 130 valence electrons. The predicted molar refractivity (Wildman–Crippen MR) is 95.2 cm³/mol. The molecule has 1 atom stereocenters. The highest BCUT2D eigenvalue weighted by Crippen LogP contribution is 2.36. The molecule has 5 nitrogen and oxygen atoms in total. The van der Waals surface area contributed by atoms with Gasteiger partial charge in [-0.25, -0.2) is 4.39 Å². The molecule has 1 aliphatic heterocycles. The first-order valence-corrected chi connectivity index (χ1v) is 7.98. The number of hydrogen-bond acceptors (Lipinski definition) is 4. The molecule has 0 saturated heterocycles. The first kappa shape index (κ1) is 17.3. The molecule has 1 amide bonds. The Labute approximate surface area is 145 Å². The Morgan fingerprint density at radius 3 is 2.72 bits per heavy atom. The van der Waals surface area contributed by atoms with Gasteiger partial charge in [-0.3, -0.25) is 9.79 Å². The molecule has 0 saturated carbocycles. The van der Waals surface area contributed by atoms with Gasteiger partial charge in [0.15, 0.2) is 0 Å². The Morgan fingerprint density at radius 2 is 2.08 bits per heavy atom. The molecule has 1 heterocycles. The molecule has 0 radical (unpaired) electrons. The first-order chi connectivity index (χ1) is 12.0. The van der Waals surface area contributed by atoms with Gasteiger partial charge in [-0.2, -0.15) is 5.06 Å². The van der Waals surface area contributed by atoms with Crippen LogP contribution in [0.25, 0.3) is 5.57 Å². The lowest BCUT2D eigenvalue weighted by molar-refractivity contribution is -0.111. The fourth-order valence-corrected chi connectivity index (χ4v) is 3.04. The molecule has 1 aromatic carbocycles. The second kappa shape index (κ2) is 7.13. The number of likely N-dealkylation sites (N-methyl/N-ethyl adjacent to an activating group) is 1. The molecular weight excluding hydrogens is 321 g/mol. The van der Waals surface area contributed by atoms with Gasteiger partial charge in [-0.05, 0) is 41.3 Å². The summed E-state index contributed by atoms with van der Waals surface area (Å²) in [5.41, 5.74) is 9.52. The van der Waals surface area contributed by atoms with E-state index < -0.39 is 5.91 Å². The monoisotopic (exact) mass is 341 g/mol. The van der Waals surface area contributed by atoms with E-state index in [1.54, 1.807) is 30.4 Å². The molecular formula is C19H20FN3O2. The van der Waals surface area contributed by atoms with Crippen LogP contribution in [0.2, 0.25) is 0 Å². The summed E-state index contributed by atoms with van der Waals surface area (Å²) in [6, 6.07) is 6.01. The molecule has 1 aromatic rings. The fraction of sp³-hybridized carbons (Fsp3) is 0.263. The molecule has 0 fully saturated rings. The third-order valence-electron chi connectivity index (χ3n) is 4.35. The van der Waals surface area contributed by atoms with Crippen LogP contribution in [0.15, 0.2) is 58.6 Å². The summed E-state index contributed by atoms with van der Waals surface area (Å²) in [6.07, 6.45) is 6.40. The number of aliphatic imine (C=N–C) groups is 1. The van der Waals surface area contributed by atoms with Crippen molar-refractivity contribution in [2.24, 2.45) is 10.7 Å². The maximum absolute atomic E-state index is 13.2. The average Bonchev–Trinajstić information content (AvgIpc) is 2.61. The molecule has 2 N–H and O–H groups in total. The van der Waals surface area contributed by atoms with Gasteiger partial charge in [0.1, 0.15) is 11.5 Å². The van der Waals surface area contributed by atoms with Crippen LogP contribution in [0.4, 0.5) is 4.39 Å². The molecule has 0 bridgehead atoms. The third kappa shape index (κ3) is 3.75. The van der Waals surface area contributed by atoms with Crippen LogP contribution in [0.3, 0.4) is 0 Å². The third-order valence-corrected chi connectivity index (χ3v) is 4.35. The number of fused-ring (bicyclic) bond motifs is 1. The summed E-state index contributed by atoms with van der Waals surface area (Å²) in [4.78, 5) is 21.4. The number of halogens is 1. The van der Waals surface area contributed by atoms with Crippen molar-refractivity contribution in [3.8, 4) is 0 Å². The van der Waals surface area contributed by atoms with Crippen LogP contribution in [-0.2, 0) is 9.63 Å². The van der Waals surface area contributed by atoms with Crippen LogP contribution in [-0.4, -0.2) is 43.4 Å². The van der Waals surface area contributed by atoms with Crippen molar-refractivity contribution in [2.45, 2.75) is 12.5 Å². The number of hydrogen-bond donors (Lipinski definition) is 1. The normalized spacial score (nSPS) is 19.6. The largest absolute Gasteiger partial charge is 0.364 e. The molecule has 0 spiro atoms. The zero-order valence-corrected chi connectivity index (χ0v) is 14.2. The molecule has 3 rings (SSSR count). The lowest BCUT2D eigenvalue weighted by Gasteiger charge is -2.29. The van der Waals surface area contributed by atoms with Crippen molar-refractivity contribution >= 4 is 17.2 Å². The molecule has 1 aliphatic carbocycles. The number of rotatable bonds is 5. The topological polar surface area (TPSA) is 67.9 Å². The smallest absolute Gasteiger partial charge is 0.266 e. The Morgan fingerprint density at radius 1 is 1.36 bits per heavy atom. The van der Waals surface area contributed by atoms with Gasteiger partial charge in [0.25, 0.3) is 5.91 Å². The number of dihydropyridines is 1. The van der Waals surface area contributed by atoms with Gasteiger partial charge in [0.2, 0.25) is 0 Å². The van der Waals surface area contributed by atoms with Crippen molar-refractivity contribution in [2.75, 3.05) is 20.7 Å². The minimum Gasteiger partial charge on any atom is -0.364 e. The summed E-state index contributed by atoms with van der Waals surface area (Å²) in [7, 11) is 3.47. The van der Waals surface area contributed by atoms with E-state index in [0.29, 0.717) is 13.0 Å². The Bertz CT molecular complexity index is 806. The van der Waals surface area contributed by atoms with Gasteiger partial charge >= 0.3 is 0 Å². The second-order valence-corrected chi connectivity index (χ2v) is 6.08. The number of nitrogens with two attached hydrogens (primary N) is 1. The quantitative estimate of drug-likeness (QED) is 0.836. The maximum Gasteiger partial charge on any atom is 0.266 e. The first-order valence-electron chi connectivity index (χ1n) is 7.98. The number of hydroxylamine groups is 2. The van der Waals surface area contributed by atoms with Crippen LogP contribution in [0.5, 0.6) is 0 Å². The maximum atomic E-state index is 13.2. The van der Waals surface area contributed by atoms with Gasteiger partial charge in [-0.1, -0.05) is 29.9 Å².